The molecular weight excluding hydrogens is 411 g/mol. The van der Waals surface area contributed by atoms with Crippen LogP contribution in [0.4, 0.5) is 48.1 Å². The van der Waals surface area contributed by atoms with Gasteiger partial charge in [0, 0.05) is 18.8 Å². The Morgan fingerprint density at radius 1 is 0.966 bits per heavy atom. The number of aromatic nitrogens is 1. The van der Waals surface area contributed by atoms with Crippen molar-refractivity contribution in [3.8, 4) is 0 Å². The number of benzene rings is 1. The lowest BCUT2D eigenvalue weighted by molar-refractivity contribution is -0.143. The number of nitrogens with zero attached hydrogens (tertiary/aromatic N) is 1. The fraction of sp³-hybridized carbons (Fsp3) is 0.250. The summed E-state index contributed by atoms with van der Waals surface area (Å²) in [5.41, 5.74) is 5.94. The summed E-state index contributed by atoms with van der Waals surface area (Å²) in [5, 5.41) is 4.64. The molecule has 0 bridgehead atoms. The van der Waals surface area contributed by atoms with Gasteiger partial charge in [-0.2, -0.15) is 26.3 Å². The van der Waals surface area contributed by atoms with E-state index in [1.54, 1.807) is 0 Å². The first-order valence-corrected chi connectivity index (χ1v) is 7.83. The molecule has 6 nitrogen and oxygen atoms in total. The molecule has 29 heavy (non-hydrogen) atoms. The number of hydrogen-bond acceptors (Lipinski definition) is 5. The van der Waals surface area contributed by atoms with Crippen molar-refractivity contribution in [1.29, 1.82) is 0 Å². The molecular formula is C16H14F7N5O. The van der Waals surface area contributed by atoms with Crippen LogP contribution in [0, 0.1) is 5.82 Å². The minimum absolute atomic E-state index is 0.0566. The van der Waals surface area contributed by atoms with Crippen LogP contribution in [0.25, 0.3) is 0 Å². The summed E-state index contributed by atoms with van der Waals surface area (Å²) in [6.45, 7) is 0.130. The van der Waals surface area contributed by atoms with Gasteiger partial charge in [0.1, 0.15) is 5.82 Å². The van der Waals surface area contributed by atoms with E-state index >= 15 is 0 Å². The highest BCUT2D eigenvalue weighted by Gasteiger charge is 2.37. The second-order valence-corrected chi connectivity index (χ2v) is 5.71. The van der Waals surface area contributed by atoms with Crippen LogP contribution in [0.3, 0.4) is 0 Å². The van der Waals surface area contributed by atoms with Crippen molar-refractivity contribution in [2.45, 2.75) is 12.4 Å². The number of rotatable bonds is 6. The van der Waals surface area contributed by atoms with Gasteiger partial charge >= 0.3 is 12.4 Å². The Labute approximate surface area is 159 Å². The minimum Gasteiger partial charge on any atom is -0.366 e. The van der Waals surface area contributed by atoms with E-state index < -0.39 is 58.1 Å². The molecule has 0 fully saturated rings. The molecule has 0 radical (unpaired) electrons. The summed E-state index contributed by atoms with van der Waals surface area (Å²) >= 11 is 0. The summed E-state index contributed by atoms with van der Waals surface area (Å²) in [7, 11) is 0. The third kappa shape index (κ3) is 5.47. The smallest absolute Gasteiger partial charge is 0.366 e. The molecule has 0 spiro atoms. The van der Waals surface area contributed by atoms with E-state index in [1.807, 2.05) is 0 Å². The van der Waals surface area contributed by atoms with E-state index in [9.17, 15) is 35.5 Å². The zero-order valence-electron chi connectivity index (χ0n) is 14.4. The van der Waals surface area contributed by atoms with Crippen molar-refractivity contribution in [2.75, 3.05) is 23.7 Å². The maximum atomic E-state index is 14.0. The molecule has 0 unspecified atom stereocenters. The summed E-state index contributed by atoms with van der Waals surface area (Å²) in [6, 6.07) is 1.36. The average Bonchev–Trinajstić information content (AvgIpc) is 2.59. The van der Waals surface area contributed by atoms with Gasteiger partial charge in [-0.15, -0.1) is 0 Å². The number of anilines is 3. The van der Waals surface area contributed by atoms with Crippen LogP contribution in [0.5, 0.6) is 0 Å². The van der Waals surface area contributed by atoms with Gasteiger partial charge in [0.2, 0.25) is 0 Å². The van der Waals surface area contributed by atoms with Gasteiger partial charge in [-0.05, 0) is 24.3 Å². The number of pyridine rings is 1. The molecule has 13 heteroatoms. The fourth-order valence-corrected chi connectivity index (χ4v) is 2.25. The minimum atomic E-state index is -5.08. The van der Waals surface area contributed by atoms with Crippen molar-refractivity contribution in [1.82, 2.24) is 4.98 Å². The first-order valence-electron chi connectivity index (χ1n) is 7.83. The number of nitrogens with two attached hydrogens (primary N) is 2. The molecule has 6 N–H and O–H groups in total. The lowest BCUT2D eigenvalue weighted by Crippen LogP contribution is -2.19. The van der Waals surface area contributed by atoms with Crippen molar-refractivity contribution in [3.05, 3.63) is 46.8 Å². The molecule has 158 valence electrons. The highest BCUT2D eigenvalue weighted by molar-refractivity contribution is 5.98. The molecule has 2 rings (SSSR count). The number of alkyl halides is 6. The van der Waals surface area contributed by atoms with Crippen LogP contribution in [-0.4, -0.2) is 24.0 Å². The number of carbonyl (C=O) groups excluding carboxylic acids is 1. The van der Waals surface area contributed by atoms with Gasteiger partial charge in [0.25, 0.3) is 5.91 Å². The van der Waals surface area contributed by atoms with Crippen LogP contribution in [0.2, 0.25) is 0 Å². The summed E-state index contributed by atoms with van der Waals surface area (Å²) in [4.78, 5) is 15.2. The Hall–Kier alpha value is -3.09. The average molecular weight is 425 g/mol. The second kappa shape index (κ2) is 8.11. The summed E-state index contributed by atoms with van der Waals surface area (Å²) < 4.78 is 91.9. The Kier molecular flexibility index (Phi) is 6.21. The van der Waals surface area contributed by atoms with Crippen molar-refractivity contribution in [3.63, 3.8) is 0 Å². The number of amides is 1. The number of nitrogens with one attached hydrogen (secondary N) is 2. The van der Waals surface area contributed by atoms with E-state index in [2.05, 4.69) is 15.6 Å². The number of hydrogen-bond donors (Lipinski definition) is 4. The molecule has 0 atom stereocenters. The van der Waals surface area contributed by atoms with E-state index in [-0.39, 0.29) is 19.2 Å². The molecule has 0 aliphatic rings. The molecule has 0 saturated heterocycles. The van der Waals surface area contributed by atoms with Crippen LogP contribution < -0.4 is 22.1 Å². The Balaban J connectivity index is 2.58. The standard InChI is InChI=1S/C16H14F7N5O/c17-11-6-10(12(25)29)13(28-14(11)26-2-1-24)27-9-4-7(15(18,19)20)3-8(5-9)16(21,22)23/h3-6H,1-2,24H2,(H2,25,29)(H2,26,27,28). The SMILES string of the molecule is NCCNc1nc(Nc2cc(C(F)(F)F)cc(C(F)(F)F)c2)c(C(N)=O)cc1F. The monoisotopic (exact) mass is 425 g/mol. The summed E-state index contributed by atoms with van der Waals surface area (Å²) in [5.74, 6) is -3.18. The van der Waals surface area contributed by atoms with Gasteiger partial charge in [-0.25, -0.2) is 9.37 Å². The molecule has 2 aromatic rings. The molecule has 1 heterocycles. The first kappa shape index (κ1) is 22.2. The van der Waals surface area contributed by atoms with Crippen LogP contribution in [0.15, 0.2) is 24.3 Å². The van der Waals surface area contributed by atoms with Gasteiger partial charge in [0.05, 0.1) is 16.7 Å². The van der Waals surface area contributed by atoms with Crippen LogP contribution in [-0.2, 0) is 12.4 Å². The highest BCUT2D eigenvalue weighted by Crippen LogP contribution is 2.38. The van der Waals surface area contributed by atoms with Crippen LogP contribution >= 0.6 is 0 Å². The van der Waals surface area contributed by atoms with E-state index in [0.717, 1.165) is 0 Å². The van der Waals surface area contributed by atoms with Crippen molar-refractivity contribution >= 4 is 23.2 Å². The lowest BCUT2D eigenvalue weighted by Gasteiger charge is -2.17. The van der Waals surface area contributed by atoms with Crippen molar-refractivity contribution < 1.29 is 35.5 Å². The van der Waals surface area contributed by atoms with E-state index in [1.165, 1.54) is 0 Å². The molecule has 1 aromatic carbocycles. The largest absolute Gasteiger partial charge is 0.416 e. The predicted octanol–water partition coefficient (Wildman–Crippen LogP) is 3.47. The normalized spacial score (nSPS) is 12.0. The second-order valence-electron chi connectivity index (χ2n) is 5.71. The molecule has 0 aliphatic carbocycles. The molecule has 0 saturated carbocycles. The number of halogens is 7. The maximum absolute atomic E-state index is 14.0. The Morgan fingerprint density at radius 3 is 1.97 bits per heavy atom. The fourth-order valence-electron chi connectivity index (χ4n) is 2.25. The number of carbonyl (C=O) groups is 1. The quantitative estimate of drug-likeness (QED) is 0.531. The third-order valence-electron chi connectivity index (χ3n) is 3.53. The van der Waals surface area contributed by atoms with Gasteiger partial charge in [-0.3, -0.25) is 4.79 Å². The van der Waals surface area contributed by atoms with E-state index in [4.69, 9.17) is 11.5 Å². The molecule has 0 aliphatic heterocycles. The van der Waals surface area contributed by atoms with Gasteiger partial charge in [-0.1, -0.05) is 0 Å². The molecule has 1 amide bonds. The predicted molar refractivity (Wildman–Crippen MR) is 90.0 cm³/mol. The highest BCUT2D eigenvalue weighted by atomic mass is 19.4. The van der Waals surface area contributed by atoms with Crippen LogP contribution in [0.1, 0.15) is 21.5 Å². The lowest BCUT2D eigenvalue weighted by atomic mass is 10.1. The molecule has 1 aromatic heterocycles. The van der Waals surface area contributed by atoms with Gasteiger partial charge in [0.15, 0.2) is 11.6 Å². The van der Waals surface area contributed by atoms with E-state index in [0.29, 0.717) is 18.2 Å². The number of primary amides is 1. The Morgan fingerprint density at radius 2 is 1.52 bits per heavy atom. The van der Waals surface area contributed by atoms with Crippen molar-refractivity contribution in [2.24, 2.45) is 11.5 Å². The Bertz CT molecular complexity index is 880. The summed E-state index contributed by atoms with van der Waals surface area (Å²) in [6.07, 6.45) is -10.2. The topological polar surface area (TPSA) is 106 Å². The van der Waals surface area contributed by atoms with Gasteiger partial charge < -0.3 is 22.1 Å². The zero-order valence-corrected chi connectivity index (χ0v) is 14.4. The first-order chi connectivity index (χ1) is 13.3. The third-order valence-corrected chi connectivity index (χ3v) is 3.53. The maximum Gasteiger partial charge on any atom is 0.416 e. The zero-order chi connectivity index (χ0) is 22.0.